The van der Waals surface area contributed by atoms with Crippen LogP contribution in [0.2, 0.25) is 0 Å². The summed E-state index contributed by atoms with van der Waals surface area (Å²) in [5.41, 5.74) is 2.01. The van der Waals surface area contributed by atoms with Crippen LogP contribution in [0.4, 0.5) is 4.79 Å². The maximum atomic E-state index is 12.9. The average molecular weight is 452 g/mol. The first-order chi connectivity index (χ1) is 15.7. The van der Waals surface area contributed by atoms with E-state index in [1.165, 1.54) is 0 Å². The Bertz CT molecular complexity index is 944. The molecule has 0 saturated carbocycles. The summed E-state index contributed by atoms with van der Waals surface area (Å²) in [5.74, 6) is -0.0587. The fraction of sp³-hybridized carbons (Fsp3) is 0.423. The smallest absolute Gasteiger partial charge is 0.407 e. The van der Waals surface area contributed by atoms with Crippen molar-refractivity contribution in [3.63, 3.8) is 0 Å². The number of piperidine rings is 1. The van der Waals surface area contributed by atoms with Crippen LogP contribution in [0.25, 0.3) is 0 Å². The molecule has 1 aliphatic rings. The van der Waals surface area contributed by atoms with Crippen molar-refractivity contribution in [1.82, 2.24) is 15.5 Å². The van der Waals surface area contributed by atoms with Gasteiger partial charge in [0.25, 0.3) is 5.91 Å². The van der Waals surface area contributed by atoms with Crippen molar-refractivity contribution in [3.05, 3.63) is 71.3 Å². The van der Waals surface area contributed by atoms with Crippen LogP contribution in [0, 0.1) is 5.92 Å². The number of nitrogens with one attached hydrogen (secondary N) is 2. The molecule has 0 radical (unpaired) electrons. The number of likely N-dealkylation sites (tertiary alicyclic amines) is 1. The highest BCUT2D eigenvalue weighted by molar-refractivity contribution is 5.94. The van der Waals surface area contributed by atoms with Gasteiger partial charge in [-0.2, -0.15) is 0 Å². The standard InChI is InChI=1S/C26H33N3O4/c1-26(2,3)33-25(32)28-18-20-9-11-22(12-10-20)24(31)29-15-13-21(14-16-29)23(30)27-17-19-7-5-4-6-8-19/h4-12,21H,13-18H2,1-3H3,(H,27,30)(H,28,32). The molecule has 0 aromatic heterocycles. The van der Waals surface area contributed by atoms with E-state index in [1.54, 1.807) is 17.0 Å². The van der Waals surface area contributed by atoms with Gasteiger partial charge in [-0.3, -0.25) is 9.59 Å². The zero-order valence-corrected chi connectivity index (χ0v) is 19.6. The highest BCUT2D eigenvalue weighted by Crippen LogP contribution is 2.20. The largest absolute Gasteiger partial charge is 0.444 e. The number of nitrogens with zero attached hydrogens (tertiary/aromatic N) is 1. The minimum absolute atomic E-state index is 0.0372. The van der Waals surface area contributed by atoms with Crippen LogP contribution < -0.4 is 10.6 Å². The fourth-order valence-corrected chi connectivity index (χ4v) is 3.71. The molecule has 1 fully saturated rings. The predicted molar refractivity (Wildman–Crippen MR) is 126 cm³/mol. The first-order valence-electron chi connectivity index (χ1n) is 11.4. The quantitative estimate of drug-likeness (QED) is 0.698. The van der Waals surface area contributed by atoms with Crippen molar-refractivity contribution in [2.24, 2.45) is 5.92 Å². The van der Waals surface area contributed by atoms with Crippen molar-refractivity contribution in [3.8, 4) is 0 Å². The molecule has 3 amide bonds. The van der Waals surface area contributed by atoms with Gasteiger partial charge in [0.2, 0.25) is 5.91 Å². The Morgan fingerprint density at radius 2 is 1.45 bits per heavy atom. The SMILES string of the molecule is CC(C)(C)OC(=O)NCc1ccc(C(=O)N2CCC(C(=O)NCc3ccccc3)CC2)cc1. The Kier molecular flexibility index (Phi) is 8.09. The molecule has 176 valence electrons. The minimum atomic E-state index is -0.545. The molecule has 0 bridgehead atoms. The van der Waals surface area contributed by atoms with Crippen LogP contribution in [0.15, 0.2) is 54.6 Å². The molecular weight excluding hydrogens is 418 g/mol. The Morgan fingerprint density at radius 1 is 0.879 bits per heavy atom. The molecule has 1 aliphatic heterocycles. The molecule has 7 heteroatoms. The summed E-state index contributed by atoms with van der Waals surface area (Å²) in [4.78, 5) is 38.9. The van der Waals surface area contributed by atoms with Gasteiger partial charge >= 0.3 is 6.09 Å². The van der Waals surface area contributed by atoms with Gasteiger partial charge in [-0.1, -0.05) is 42.5 Å². The number of benzene rings is 2. The molecule has 7 nitrogen and oxygen atoms in total. The lowest BCUT2D eigenvalue weighted by molar-refractivity contribution is -0.126. The first kappa shape index (κ1) is 24.3. The van der Waals surface area contributed by atoms with Crippen LogP contribution in [0.5, 0.6) is 0 Å². The van der Waals surface area contributed by atoms with E-state index < -0.39 is 11.7 Å². The number of carbonyl (C=O) groups is 3. The lowest BCUT2D eigenvalue weighted by Gasteiger charge is -2.31. The molecule has 0 unspecified atom stereocenters. The first-order valence-corrected chi connectivity index (χ1v) is 11.4. The van der Waals surface area contributed by atoms with Gasteiger partial charge in [0, 0.05) is 37.7 Å². The van der Waals surface area contributed by atoms with E-state index in [4.69, 9.17) is 4.74 Å². The maximum absolute atomic E-state index is 12.9. The van der Waals surface area contributed by atoms with E-state index in [2.05, 4.69) is 10.6 Å². The van der Waals surface area contributed by atoms with Gasteiger partial charge in [-0.05, 0) is 56.9 Å². The lowest BCUT2D eigenvalue weighted by Crippen LogP contribution is -2.42. The summed E-state index contributed by atoms with van der Waals surface area (Å²) in [7, 11) is 0. The van der Waals surface area contributed by atoms with Crippen molar-refractivity contribution >= 4 is 17.9 Å². The predicted octanol–water partition coefficient (Wildman–Crippen LogP) is 3.88. The molecule has 1 saturated heterocycles. The van der Waals surface area contributed by atoms with Crippen LogP contribution in [-0.4, -0.2) is 41.5 Å². The molecule has 0 atom stereocenters. The Morgan fingerprint density at radius 3 is 2.06 bits per heavy atom. The minimum Gasteiger partial charge on any atom is -0.444 e. The second-order valence-corrected chi connectivity index (χ2v) is 9.32. The number of carbonyl (C=O) groups excluding carboxylic acids is 3. The summed E-state index contributed by atoms with van der Waals surface area (Å²) in [6, 6.07) is 17.0. The normalized spacial score (nSPS) is 14.5. The Labute approximate surface area is 195 Å². The van der Waals surface area contributed by atoms with Crippen molar-refractivity contribution < 1.29 is 19.1 Å². The van der Waals surface area contributed by atoms with E-state index in [1.807, 2.05) is 63.2 Å². The average Bonchev–Trinajstić information content (AvgIpc) is 2.81. The van der Waals surface area contributed by atoms with Crippen molar-refractivity contribution in [1.29, 1.82) is 0 Å². The van der Waals surface area contributed by atoms with Crippen LogP contribution in [-0.2, 0) is 22.6 Å². The summed E-state index contributed by atoms with van der Waals surface area (Å²) in [5, 5.41) is 5.71. The third-order valence-electron chi connectivity index (χ3n) is 5.50. The number of hydrogen-bond donors (Lipinski definition) is 2. The zero-order chi connectivity index (χ0) is 23.8. The van der Waals surface area contributed by atoms with Gasteiger partial charge in [-0.25, -0.2) is 4.79 Å². The van der Waals surface area contributed by atoms with Crippen LogP contribution >= 0.6 is 0 Å². The number of amides is 3. The molecule has 1 heterocycles. The third-order valence-corrected chi connectivity index (χ3v) is 5.50. The Balaban J connectivity index is 1.43. The molecule has 2 N–H and O–H groups in total. The van der Waals surface area contributed by atoms with E-state index in [9.17, 15) is 14.4 Å². The van der Waals surface area contributed by atoms with E-state index in [0.717, 1.165) is 11.1 Å². The third kappa shape index (κ3) is 7.63. The molecule has 3 rings (SSSR count). The molecule has 0 spiro atoms. The van der Waals surface area contributed by atoms with Crippen LogP contribution in [0.1, 0.15) is 55.1 Å². The fourth-order valence-electron chi connectivity index (χ4n) is 3.71. The molecule has 2 aromatic rings. The second-order valence-electron chi connectivity index (χ2n) is 9.32. The molecule has 0 aliphatic carbocycles. The number of hydrogen-bond acceptors (Lipinski definition) is 4. The van der Waals surface area contributed by atoms with Gasteiger partial charge in [0.15, 0.2) is 0 Å². The van der Waals surface area contributed by atoms with Crippen molar-refractivity contribution in [2.75, 3.05) is 13.1 Å². The number of ether oxygens (including phenoxy) is 1. The van der Waals surface area contributed by atoms with Gasteiger partial charge in [0.1, 0.15) is 5.60 Å². The summed E-state index contributed by atoms with van der Waals surface area (Å²) >= 11 is 0. The van der Waals surface area contributed by atoms with Crippen molar-refractivity contribution in [2.45, 2.75) is 52.3 Å². The summed E-state index contributed by atoms with van der Waals surface area (Å²) < 4.78 is 5.22. The van der Waals surface area contributed by atoms with Gasteiger partial charge in [-0.15, -0.1) is 0 Å². The van der Waals surface area contributed by atoms with Gasteiger partial charge in [0.05, 0.1) is 0 Å². The van der Waals surface area contributed by atoms with Gasteiger partial charge < -0.3 is 20.3 Å². The van der Waals surface area contributed by atoms with E-state index in [-0.39, 0.29) is 17.7 Å². The highest BCUT2D eigenvalue weighted by atomic mass is 16.6. The van der Waals surface area contributed by atoms with E-state index in [0.29, 0.717) is 44.6 Å². The molecule has 33 heavy (non-hydrogen) atoms. The number of rotatable bonds is 6. The molecular formula is C26H33N3O4. The van der Waals surface area contributed by atoms with E-state index >= 15 is 0 Å². The topological polar surface area (TPSA) is 87.7 Å². The maximum Gasteiger partial charge on any atom is 0.407 e. The number of alkyl carbamates (subject to hydrolysis) is 1. The zero-order valence-electron chi connectivity index (χ0n) is 19.6. The second kappa shape index (κ2) is 11.0. The molecule has 2 aromatic carbocycles. The van der Waals surface area contributed by atoms with Crippen LogP contribution in [0.3, 0.4) is 0 Å². The highest BCUT2D eigenvalue weighted by Gasteiger charge is 2.27. The summed E-state index contributed by atoms with van der Waals surface area (Å²) in [6.45, 7) is 7.40. The summed E-state index contributed by atoms with van der Waals surface area (Å²) in [6.07, 6.45) is 0.840. The lowest BCUT2D eigenvalue weighted by atomic mass is 9.95. The monoisotopic (exact) mass is 451 g/mol. The Hall–Kier alpha value is -3.35.